The third-order valence-electron chi connectivity index (χ3n) is 4.57. The van der Waals surface area contributed by atoms with Gasteiger partial charge in [-0.3, -0.25) is 14.7 Å². The maximum absolute atomic E-state index is 12.8. The van der Waals surface area contributed by atoms with Gasteiger partial charge in [-0.2, -0.15) is 4.37 Å². The molecule has 1 atom stereocenters. The standard InChI is InChI=1S/C17H23N5OS/c1-12-15(16(18-3)24-20-12)17(23)22-10-8-21(9-11-22)13(2)14-6-4-5-7-19-14/h4-7,13,18H,8-11H2,1-3H3/t13-/m1/s1. The molecule has 1 aliphatic heterocycles. The summed E-state index contributed by atoms with van der Waals surface area (Å²) in [7, 11) is 1.83. The van der Waals surface area contributed by atoms with Crippen LogP contribution in [0.2, 0.25) is 0 Å². The fourth-order valence-electron chi connectivity index (χ4n) is 3.07. The van der Waals surface area contributed by atoms with Crippen LogP contribution in [0.25, 0.3) is 0 Å². The quantitative estimate of drug-likeness (QED) is 0.922. The van der Waals surface area contributed by atoms with Crippen LogP contribution >= 0.6 is 11.5 Å². The number of amides is 1. The largest absolute Gasteiger partial charge is 0.378 e. The molecule has 0 radical (unpaired) electrons. The molecule has 0 bridgehead atoms. The lowest BCUT2D eigenvalue weighted by molar-refractivity contribution is 0.0579. The van der Waals surface area contributed by atoms with Crippen molar-refractivity contribution in [2.75, 3.05) is 38.5 Å². The molecule has 0 spiro atoms. The van der Waals surface area contributed by atoms with Crippen molar-refractivity contribution in [3.8, 4) is 0 Å². The van der Waals surface area contributed by atoms with Gasteiger partial charge in [0, 0.05) is 45.5 Å². The van der Waals surface area contributed by atoms with E-state index in [0.29, 0.717) is 5.56 Å². The molecule has 24 heavy (non-hydrogen) atoms. The normalized spacial score (nSPS) is 16.9. The average Bonchev–Trinajstić information content (AvgIpc) is 3.02. The fraction of sp³-hybridized carbons (Fsp3) is 0.471. The molecule has 0 aliphatic carbocycles. The molecule has 0 unspecified atom stereocenters. The average molecular weight is 345 g/mol. The van der Waals surface area contributed by atoms with Crippen LogP contribution in [0, 0.1) is 6.92 Å². The molecule has 1 amide bonds. The Morgan fingerprint density at radius 1 is 1.29 bits per heavy atom. The molecular weight excluding hydrogens is 322 g/mol. The third-order valence-corrected chi connectivity index (χ3v) is 5.52. The SMILES string of the molecule is CNc1snc(C)c1C(=O)N1CCN([C@H](C)c2ccccn2)CC1. The van der Waals surface area contributed by atoms with Gasteiger partial charge in [-0.05, 0) is 37.5 Å². The molecule has 1 aliphatic rings. The molecule has 1 N–H and O–H groups in total. The first kappa shape index (κ1) is 16.9. The van der Waals surface area contributed by atoms with Crippen LogP contribution in [-0.2, 0) is 0 Å². The lowest BCUT2D eigenvalue weighted by atomic mass is 10.1. The van der Waals surface area contributed by atoms with E-state index in [-0.39, 0.29) is 11.9 Å². The van der Waals surface area contributed by atoms with Gasteiger partial charge in [0.2, 0.25) is 0 Å². The third kappa shape index (κ3) is 3.27. The number of hydrogen-bond donors (Lipinski definition) is 1. The first-order chi connectivity index (χ1) is 11.6. The second-order valence-electron chi connectivity index (χ2n) is 5.98. The Kier molecular flexibility index (Phi) is 5.11. The first-order valence-corrected chi connectivity index (χ1v) is 8.97. The van der Waals surface area contributed by atoms with Crippen LogP contribution in [0.3, 0.4) is 0 Å². The van der Waals surface area contributed by atoms with Gasteiger partial charge in [-0.15, -0.1) is 0 Å². The number of hydrogen-bond acceptors (Lipinski definition) is 6. The molecule has 2 aromatic heterocycles. The van der Waals surface area contributed by atoms with Crippen molar-refractivity contribution in [1.29, 1.82) is 0 Å². The van der Waals surface area contributed by atoms with E-state index in [9.17, 15) is 4.79 Å². The van der Waals surface area contributed by atoms with Crippen molar-refractivity contribution in [2.45, 2.75) is 19.9 Å². The summed E-state index contributed by atoms with van der Waals surface area (Å²) < 4.78 is 4.30. The van der Waals surface area contributed by atoms with Crippen molar-refractivity contribution in [1.82, 2.24) is 19.2 Å². The van der Waals surface area contributed by atoms with Gasteiger partial charge in [0.1, 0.15) is 5.00 Å². The zero-order valence-corrected chi connectivity index (χ0v) is 15.1. The van der Waals surface area contributed by atoms with Crippen LogP contribution in [0.1, 0.15) is 34.7 Å². The van der Waals surface area contributed by atoms with Crippen molar-refractivity contribution >= 4 is 22.4 Å². The molecular formula is C17H23N5OS. The zero-order valence-electron chi connectivity index (χ0n) is 14.3. The molecule has 3 rings (SSSR count). The Bertz CT molecular complexity index is 694. The van der Waals surface area contributed by atoms with Crippen molar-refractivity contribution < 1.29 is 4.79 Å². The molecule has 128 valence electrons. The summed E-state index contributed by atoms with van der Waals surface area (Å²) >= 11 is 1.34. The lowest BCUT2D eigenvalue weighted by Gasteiger charge is -2.37. The monoisotopic (exact) mass is 345 g/mol. The highest BCUT2D eigenvalue weighted by molar-refractivity contribution is 7.10. The van der Waals surface area contributed by atoms with E-state index in [0.717, 1.165) is 42.6 Å². The second-order valence-corrected chi connectivity index (χ2v) is 6.75. The molecule has 3 heterocycles. The van der Waals surface area contributed by atoms with E-state index in [1.54, 1.807) is 0 Å². The summed E-state index contributed by atoms with van der Waals surface area (Å²) in [5.41, 5.74) is 2.60. The summed E-state index contributed by atoms with van der Waals surface area (Å²) in [6, 6.07) is 6.27. The van der Waals surface area contributed by atoms with Crippen LogP contribution in [0.15, 0.2) is 24.4 Å². The number of piperazine rings is 1. The van der Waals surface area contributed by atoms with Gasteiger partial charge in [-0.1, -0.05) is 6.07 Å². The van der Waals surface area contributed by atoms with Crippen molar-refractivity contribution in [2.24, 2.45) is 0 Å². The maximum Gasteiger partial charge on any atom is 0.258 e. The minimum Gasteiger partial charge on any atom is -0.378 e. The van der Waals surface area contributed by atoms with Crippen LogP contribution in [0.5, 0.6) is 0 Å². The smallest absolute Gasteiger partial charge is 0.258 e. The summed E-state index contributed by atoms with van der Waals surface area (Å²) in [6.07, 6.45) is 1.83. The number of rotatable bonds is 4. The van der Waals surface area contributed by atoms with Crippen LogP contribution in [-0.4, -0.2) is 58.3 Å². The van der Waals surface area contributed by atoms with Crippen molar-refractivity contribution in [3.63, 3.8) is 0 Å². The van der Waals surface area contributed by atoms with E-state index in [1.807, 2.05) is 37.2 Å². The summed E-state index contributed by atoms with van der Waals surface area (Å²) in [4.78, 5) is 21.6. The summed E-state index contributed by atoms with van der Waals surface area (Å²) in [6.45, 7) is 7.24. The Hall–Kier alpha value is -1.99. The van der Waals surface area contributed by atoms with Crippen LogP contribution < -0.4 is 5.32 Å². The van der Waals surface area contributed by atoms with Gasteiger partial charge >= 0.3 is 0 Å². The molecule has 1 saturated heterocycles. The highest BCUT2D eigenvalue weighted by atomic mass is 32.1. The predicted molar refractivity (Wildman–Crippen MR) is 96.5 cm³/mol. The zero-order chi connectivity index (χ0) is 17.1. The Labute approximate surface area is 146 Å². The van der Waals surface area contributed by atoms with Gasteiger partial charge in [0.05, 0.1) is 17.0 Å². The molecule has 0 saturated carbocycles. The number of aryl methyl sites for hydroxylation is 1. The fourth-order valence-corrected chi connectivity index (χ4v) is 3.81. The number of carbonyl (C=O) groups is 1. The molecule has 7 heteroatoms. The van der Waals surface area contributed by atoms with Gasteiger partial charge in [0.25, 0.3) is 5.91 Å². The second kappa shape index (κ2) is 7.27. The van der Waals surface area contributed by atoms with E-state index in [1.165, 1.54) is 11.5 Å². The number of nitrogens with one attached hydrogen (secondary N) is 1. The van der Waals surface area contributed by atoms with E-state index >= 15 is 0 Å². The summed E-state index contributed by atoms with van der Waals surface area (Å²) in [5, 5.41) is 3.92. The van der Waals surface area contributed by atoms with E-state index < -0.39 is 0 Å². The molecule has 2 aromatic rings. The Morgan fingerprint density at radius 3 is 2.67 bits per heavy atom. The molecule has 0 aromatic carbocycles. The number of nitrogens with zero attached hydrogens (tertiary/aromatic N) is 4. The predicted octanol–water partition coefficient (Wildman–Crippen LogP) is 2.41. The summed E-state index contributed by atoms with van der Waals surface area (Å²) in [5.74, 6) is 0.0794. The number of pyridine rings is 1. The van der Waals surface area contributed by atoms with Crippen LogP contribution in [0.4, 0.5) is 5.00 Å². The van der Waals surface area contributed by atoms with Crippen molar-refractivity contribution in [3.05, 3.63) is 41.3 Å². The maximum atomic E-state index is 12.8. The van der Waals surface area contributed by atoms with Gasteiger partial charge in [-0.25, -0.2) is 0 Å². The highest BCUT2D eigenvalue weighted by Gasteiger charge is 2.28. The van der Waals surface area contributed by atoms with Gasteiger partial charge < -0.3 is 10.2 Å². The van der Waals surface area contributed by atoms with E-state index in [4.69, 9.17) is 0 Å². The van der Waals surface area contributed by atoms with Gasteiger partial charge in [0.15, 0.2) is 0 Å². The van der Waals surface area contributed by atoms with E-state index in [2.05, 4.69) is 32.6 Å². The first-order valence-electron chi connectivity index (χ1n) is 8.20. The minimum atomic E-state index is 0.0794. The minimum absolute atomic E-state index is 0.0794. The number of anilines is 1. The highest BCUT2D eigenvalue weighted by Crippen LogP contribution is 2.26. The topological polar surface area (TPSA) is 61.4 Å². The Balaban J connectivity index is 1.65. The molecule has 1 fully saturated rings. The lowest BCUT2D eigenvalue weighted by Crippen LogP contribution is -2.49. The molecule has 6 nitrogen and oxygen atoms in total. The Morgan fingerprint density at radius 2 is 2.04 bits per heavy atom. The number of carbonyl (C=O) groups excluding carboxylic acids is 1. The number of aromatic nitrogens is 2.